The van der Waals surface area contributed by atoms with E-state index in [1.807, 2.05) is 32.0 Å². The molecule has 0 aliphatic heterocycles. The van der Waals surface area contributed by atoms with Crippen LogP contribution in [-0.2, 0) is 17.6 Å². The zero-order valence-corrected chi connectivity index (χ0v) is 16.6. The van der Waals surface area contributed by atoms with Gasteiger partial charge in [0.15, 0.2) is 11.5 Å². The summed E-state index contributed by atoms with van der Waals surface area (Å²) in [5.41, 5.74) is 1.87. The first kappa shape index (κ1) is 21.7. The van der Waals surface area contributed by atoms with Gasteiger partial charge in [0.25, 0.3) is 0 Å². The van der Waals surface area contributed by atoms with Crippen molar-refractivity contribution in [1.29, 1.82) is 0 Å². The number of carbonyl (C=O) groups excluding carboxylic acids is 1. The number of halogens is 1. The summed E-state index contributed by atoms with van der Waals surface area (Å²) in [5, 5.41) is 12.8. The molecule has 2 aromatic carbocycles. The summed E-state index contributed by atoms with van der Waals surface area (Å²) in [6.45, 7) is 4.30. The molecule has 0 heterocycles. The predicted molar refractivity (Wildman–Crippen MR) is 106 cm³/mol. The van der Waals surface area contributed by atoms with Crippen LogP contribution in [0.5, 0.6) is 11.5 Å². The molecule has 0 saturated carbocycles. The number of benzene rings is 2. The molecule has 1 unspecified atom stereocenters. The van der Waals surface area contributed by atoms with Crippen LogP contribution in [0.15, 0.2) is 42.5 Å². The third kappa shape index (κ3) is 6.85. The van der Waals surface area contributed by atoms with Gasteiger partial charge in [-0.1, -0.05) is 18.2 Å². The lowest BCUT2D eigenvalue weighted by atomic mass is 10.1. The second kappa shape index (κ2) is 10.7. The van der Waals surface area contributed by atoms with Crippen molar-refractivity contribution < 1.29 is 23.8 Å². The average molecular weight is 389 g/mol. The quantitative estimate of drug-likeness (QED) is 0.654. The summed E-state index contributed by atoms with van der Waals surface area (Å²) in [4.78, 5) is 12.0. The second-order valence-electron chi connectivity index (χ2n) is 6.87. The van der Waals surface area contributed by atoms with Crippen molar-refractivity contribution in [3.63, 3.8) is 0 Å². The first-order valence-electron chi connectivity index (χ1n) is 9.43. The number of aliphatic hydroxyl groups is 1. The minimum absolute atomic E-state index is 0.0513. The van der Waals surface area contributed by atoms with Crippen molar-refractivity contribution in [3.8, 4) is 11.5 Å². The average Bonchev–Trinajstić information content (AvgIpc) is 2.67. The fourth-order valence-electron chi connectivity index (χ4n) is 2.75. The van der Waals surface area contributed by atoms with E-state index in [4.69, 9.17) is 9.47 Å². The Balaban J connectivity index is 1.78. The van der Waals surface area contributed by atoms with Gasteiger partial charge in [-0.15, -0.1) is 0 Å². The summed E-state index contributed by atoms with van der Waals surface area (Å²) in [5.74, 6) is 0.620. The van der Waals surface area contributed by atoms with Crippen molar-refractivity contribution in [2.45, 2.75) is 45.3 Å². The topological polar surface area (TPSA) is 67.8 Å². The van der Waals surface area contributed by atoms with E-state index in [2.05, 4.69) is 5.32 Å². The maximum atomic E-state index is 12.9. The zero-order chi connectivity index (χ0) is 20.5. The minimum Gasteiger partial charge on any atom is -0.493 e. The Morgan fingerprint density at radius 3 is 2.39 bits per heavy atom. The standard InChI is InChI=1S/C22H28FNO4/c1-15(2)28-20-11-7-17(14-21(20)27-3)12-13-24-22(26)19(25)10-6-16-4-8-18(23)9-5-16/h4-5,7-9,11,14-15,19,25H,6,10,12-13H2,1-3H3,(H,24,26). The third-order valence-electron chi connectivity index (χ3n) is 4.23. The molecule has 0 saturated heterocycles. The Labute approximate surface area is 165 Å². The van der Waals surface area contributed by atoms with E-state index < -0.39 is 12.0 Å². The summed E-state index contributed by atoms with van der Waals surface area (Å²) >= 11 is 0. The van der Waals surface area contributed by atoms with E-state index in [1.54, 1.807) is 19.2 Å². The molecule has 0 aliphatic carbocycles. The highest BCUT2D eigenvalue weighted by molar-refractivity contribution is 5.80. The second-order valence-corrected chi connectivity index (χ2v) is 6.87. The van der Waals surface area contributed by atoms with Crippen molar-refractivity contribution in [2.24, 2.45) is 0 Å². The van der Waals surface area contributed by atoms with E-state index in [0.29, 0.717) is 30.9 Å². The summed E-state index contributed by atoms with van der Waals surface area (Å²) in [7, 11) is 1.59. The number of hydrogen-bond donors (Lipinski definition) is 2. The van der Waals surface area contributed by atoms with Gasteiger partial charge in [0.2, 0.25) is 5.91 Å². The third-order valence-corrected chi connectivity index (χ3v) is 4.23. The van der Waals surface area contributed by atoms with E-state index in [9.17, 15) is 14.3 Å². The van der Waals surface area contributed by atoms with E-state index in [-0.39, 0.29) is 18.3 Å². The zero-order valence-electron chi connectivity index (χ0n) is 16.6. The Morgan fingerprint density at radius 2 is 1.75 bits per heavy atom. The predicted octanol–water partition coefficient (Wildman–Crippen LogP) is 3.27. The molecule has 0 spiro atoms. The van der Waals surface area contributed by atoms with Crippen molar-refractivity contribution in [2.75, 3.05) is 13.7 Å². The summed E-state index contributed by atoms with van der Waals surface area (Å²) in [6.07, 6.45) is 0.349. The van der Waals surface area contributed by atoms with Gasteiger partial charge < -0.3 is 19.9 Å². The van der Waals surface area contributed by atoms with Crippen LogP contribution in [0, 0.1) is 5.82 Å². The number of aliphatic hydroxyl groups excluding tert-OH is 1. The number of amides is 1. The fraction of sp³-hybridized carbons (Fsp3) is 0.409. The summed E-state index contributed by atoms with van der Waals surface area (Å²) < 4.78 is 23.9. The summed E-state index contributed by atoms with van der Waals surface area (Å²) in [6, 6.07) is 11.7. The molecule has 5 nitrogen and oxygen atoms in total. The smallest absolute Gasteiger partial charge is 0.248 e. The Kier molecular flexibility index (Phi) is 8.26. The molecule has 1 atom stereocenters. The molecule has 0 aliphatic rings. The molecule has 6 heteroatoms. The normalized spacial score (nSPS) is 11.9. The minimum atomic E-state index is -1.10. The molecule has 28 heavy (non-hydrogen) atoms. The van der Waals surface area contributed by atoms with Crippen LogP contribution in [0.4, 0.5) is 4.39 Å². The SMILES string of the molecule is COc1cc(CCNC(=O)C(O)CCc2ccc(F)cc2)ccc1OC(C)C. The molecular weight excluding hydrogens is 361 g/mol. The van der Waals surface area contributed by atoms with Crippen LogP contribution >= 0.6 is 0 Å². The number of methoxy groups -OCH3 is 1. The molecule has 2 rings (SSSR count). The van der Waals surface area contributed by atoms with Crippen LogP contribution in [0.3, 0.4) is 0 Å². The van der Waals surface area contributed by atoms with Gasteiger partial charge in [-0.2, -0.15) is 0 Å². The van der Waals surface area contributed by atoms with Crippen LogP contribution in [-0.4, -0.2) is 36.9 Å². The Bertz CT molecular complexity index is 762. The molecule has 0 bridgehead atoms. The number of nitrogens with one attached hydrogen (secondary N) is 1. The molecule has 0 radical (unpaired) electrons. The number of hydrogen-bond acceptors (Lipinski definition) is 4. The van der Waals surface area contributed by atoms with Gasteiger partial charge in [0.05, 0.1) is 13.2 Å². The highest BCUT2D eigenvalue weighted by Gasteiger charge is 2.14. The van der Waals surface area contributed by atoms with Crippen LogP contribution in [0.25, 0.3) is 0 Å². The highest BCUT2D eigenvalue weighted by atomic mass is 19.1. The molecule has 0 fully saturated rings. The van der Waals surface area contributed by atoms with Gasteiger partial charge in [0, 0.05) is 6.54 Å². The maximum absolute atomic E-state index is 12.9. The van der Waals surface area contributed by atoms with Crippen molar-refractivity contribution in [3.05, 3.63) is 59.4 Å². The molecular formula is C22H28FNO4. The van der Waals surface area contributed by atoms with Crippen LogP contribution in [0.1, 0.15) is 31.4 Å². The van der Waals surface area contributed by atoms with Gasteiger partial charge in [-0.25, -0.2) is 4.39 Å². The van der Waals surface area contributed by atoms with Gasteiger partial charge in [-0.05, 0) is 68.5 Å². The lowest BCUT2D eigenvalue weighted by molar-refractivity contribution is -0.129. The van der Waals surface area contributed by atoms with E-state index in [0.717, 1.165) is 11.1 Å². The first-order valence-corrected chi connectivity index (χ1v) is 9.43. The van der Waals surface area contributed by atoms with Crippen molar-refractivity contribution >= 4 is 5.91 Å². The van der Waals surface area contributed by atoms with Gasteiger partial charge in [0.1, 0.15) is 11.9 Å². The largest absolute Gasteiger partial charge is 0.493 e. The Morgan fingerprint density at radius 1 is 1.07 bits per heavy atom. The van der Waals surface area contributed by atoms with E-state index in [1.165, 1.54) is 12.1 Å². The lowest BCUT2D eigenvalue weighted by Crippen LogP contribution is -2.36. The number of carbonyl (C=O) groups is 1. The van der Waals surface area contributed by atoms with Crippen molar-refractivity contribution in [1.82, 2.24) is 5.32 Å². The van der Waals surface area contributed by atoms with Gasteiger partial charge in [-0.3, -0.25) is 4.79 Å². The molecule has 152 valence electrons. The van der Waals surface area contributed by atoms with Crippen LogP contribution in [0.2, 0.25) is 0 Å². The van der Waals surface area contributed by atoms with E-state index >= 15 is 0 Å². The first-order chi connectivity index (χ1) is 13.4. The fourth-order valence-corrected chi connectivity index (χ4v) is 2.75. The van der Waals surface area contributed by atoms with Gasteiger partial charge >= 0.3 is 0 Å². The number of rotatable bonds is 10. The highest BCUT2D eigenvalue weighted by Crippen LogP contribution is 2.29. The number of aryl methyl sites for hydroxylation is 1. The Hall–Kier alpha value is -2.60. The van der Waals surface area contributed by atoms with Crippen LogP contribution < -0.4 is 14.8 Å². The molecule has 1 amide bonds. The maximum Gasteiger partial charge on any atom is 0.248 e. The molecule has 2 N–H and O–H groups in total. The monoisotopic (exact) mass is 389 g/mol. The molecule has 0 aromatic heterocycles. The molecule has 2 aromatic rings. The lowest BCUT2D eigenvalue weighted by Gasteiger charge is -2.15. The number of ether oxygens (including phenoxy) is 2.